The SMILES string of the molecule is CCCCC#C/C(=[CH]\[Sn]([CH2]CCC)([CH2]CCC)[CH2]CCC)C(=O)OCC. The van der Waals surface area contributed by atoms with Gasteiger partial charge in [-0.15, -0.1) is 0 Å². The number of rotatable bonds is 14. The molecule has 0 aromatic heterocycles. The topological polar surface area (TPSA) is 26.3 Å². The summed E-state index contributed by atoms with van der Waals surface area (Å²) in [5, 5.41) is 0. The van der Waals surface area contributed by atoms with Crippen LogP contribution in [0.25, 0.3) is 0 Å². The van der Waals surface area contributed by atoms with Crippen molar-refractivity contribution >= 4 is 24.3 Å². The second-order valence-electron chi connectivity index (χ2n) is 7.36. The minimum atomic E-state index is -2.54. The third-order valence-electron chi connectivity index (χ3n) is 4.91. The zero-order chi connectivity index (χ0) is 19.7. The van der Waals surface area contributed by atoms with Crippen LogP contribution in [0.2, 0.25) is 13.3 Å². The third-order valence-corrected chi connectivity index (χ3v) is 19.0. The number of hydrogen-bond donors (Lipinski definition) is 0. The van der Waals surface area contributed by atoms with Crippen LogP contribution in [0.3, 0.4) is 0 Å². The molecule has 0 fully saturated rings. The molecule has 0 amide bonds. The minimum absolute atomic E-state index is 0.193. The fourth-order valence-electron chi connectivity index (χ4n) is 3.26. The maximum atomic E-state index is 12.5. The van der Waals surface area contributed by atoms with E-state index in [1.807, 2.05) is 6.92 Å². The number of ether oxygens (including phenoxy) is 1. The van der Waals surface area contributed by atoms with Crippen LogP contribution in [0.4, 0.5) is 0 Å². The van der Waals surface area contributed by atoms with Gasteiger partial charge >= 0.3 is 168 Å². The summed E-state index contributed by atoms with van der Waals surface area (Å²) in [5.41, 5.74) is 0.682. The molecule has 0 bridgehead atoms. The standard InChI is InChI=1S/C11H15O2.3C4H9.Sn/c1-4-6-7-8-9-10(3)11(12)13-5-2;3*1-3-4-2;/h3H,4-7H2,1-2H3;3*1,3-4H2,2H3;. The van der Waals surface area contributed by atoms with E-state index in [9.17, 15) is 4.79 Å². The Labute approximate surface area is 167 Å². The van der Waals surface area contributed by atoms with Crippen molar-refractivity contribution in [3.8, 4) is 11.8 Å². The second-order valence-corrected chi connectivity index (χ2v) is 20.2. The van der Waals surface area contributed by atoms with Crippen molar-refractivity contribution in [1.29, 1.82) is 0 Å². The fourth-order valence-corrected chi connectivity index (χ4v) is 18.0. The van der Waals surface area contributed by atoms with Crippen molar-refractivity contribution in [2.45, 2.75) is 106 Å². The van der Waals surface area contributed by atoms with Gasteiger partial charge in [0.1, 0.15) is 0 Å². The molecule has 0 heterocycles. The summed E-state index contributed by atoms with van der Waals surface area (Å²) in [6.07, 6.45) is 10.7. The van der Waals surface area contributed by atoms with Crippen LogP contribution in [-0.2, 0) is 9.53 Å². The van der Waals surface area contributed by atoms with Crippen LogP contribution in [0.15, 0.2) is 9.67 Å². The normalized spacial score (nSPS) is 11.8. The predicted molar refractivity (Wildman–Crippen MR) is 117 cm³/mol. The van der Waals surface area contributed by atoms with Crippen molar-refractivity contribution in [3.05, 3.63) is 9.67 Å². The molecule has 0 radical (unpaired) electrons. The molecule has 0 aliphatic rings. The van der Waals surface area contributed by atoms with Gasteiger partial charge in [-0.3, -0.25) is 0 Å². The summed E-state index contributed by atoms with van der Waals surface area (Å²) < 4.78 is 11.8. The first-order valence-corrected chi connectivity index (χ1v) is 18.7. The number of esters is 1. The van der Waals surface area contributed by atoms with Crippen molar-refractivity contribution < 1.29 is 9.53 Å². The van der Waals surface area contributed by atoms with Crippen LogP contribution in [0.1, 0.15) is 92.4 Å². The van der Waals surface area contributed by atoms with Gasteiger partial charge < -0.3 is 0 Å². The van der Waals surface area contributed by atoms with Crippen LogP contribution >= 0.6 is 0 Å². The van der Waals surface area contributed by atoms with Gasteiger partial charge in [-0.1, -0.05) is 0 Å². The zero-order valence-electron chi connectivity index (χ0n) is 18.1. The maximum absolute atomic E-state index is 12.5. The molecule has 0 saturated heterocycles. The molecule has 2 nitrogen and oxygen atoms in total. The third kappa shape index (κ3) is 11.3. The summed E-state index contributed by atoms with van der Waals surface area (Å²) in [6.45, 7) is 11.3. The van der Waals surface area contributed by atoms with E-state index in [-0.39, 0.29) is 5.97 Å². The summed E-state index contributed by atoms with van der Waals surface area (Å²) in [5.74, 6) is 6.25. The van der Waals surface area contributed by atoms with Crippen LogP contribution < -0.4 is 0 Å². The summed E-state index contributed by atoms with van der Waals surface area (Å²) in [7, 11) is 0. The molecule has 0 spiro atoms. The summed E-state index contributed by atoms with van der Waals surface area (Å²) in [6, 6.07) is 0. The molecule has 150 valence electrons. The molecule has 0 aromatic carbocycles. The Bertz CT molecular complexity index is 435. The van der Waals surface area contributed by atoms with Gasteiger partial charge in [0.15, 0.2) is 0 Å². The van der Waals surface area contributed by atoms with E-state index in [1.54, 1.807) is 0 Å². The number of hydrogen-bond acceptors (Lipinski definition) is 2. The molecule has 0 unspecified atom stereocenters. The molecular formula is C23H42O2Sn. The molecule has 0 aliphatic carbocycles. The van der Waals surface area contributed by atoms with Gasteiger partial charge in [0.2, 0.25) is 0 Å². The Kier molecular flexibility index (Phi) is 16.4. The molecule has 0 N–H and O–H groups in total. The quantitative estimate of drug-likeness (QED) is 0.0896. The molecular weight excluding hydrogens is 427 g/mol. The van der Waals surface area contributed by atoms with E-state index in [4.69, 9.17) is 4.74 Å². The average Bonchev–Trinajstić information content (AvgIpc) is 2.65. The van der Waals surface area contributed by atoms with Gasteiger partial charge in [-0.25, -0.2) is 0 Å². The van der Waals surface area contributed by atoms with E-state index < -0.39 is 18.4 Å². The number of carbonyl (C=O) groups is 1. The van der Waals surface area contributed by atoms with Gasteiger partial charge in [-0.05, 0) is 0 Å². The molecule has 0 rings (SSSR count). The van der Waals surface area contributed by atoms with Crippen molar-refractivity contribution in [1.82, 2.24) is 0 Å². The molecule has 0 atom stereocenters. The predicted octanol–water partition coefficient (Wildman–Crippen LogP) is 7.06. The van der Waals surface area contributed by atoms with E-state index in [1.165, 1.54) is 51.8 Å². The summed E-state index contributed by atoms with van der Waals surface area (Å²) >= 11 is -2.54. The first-order valence-electron chi connectivity index (χ1n) is 11.0. The fraction of sp³-hybridized carbons (Fsp3) is 0.783. The van der Waals surface area contributed by atoms with Crippen molar-refractivity contribution in [2.24, 2.45) is 0 Å². The number of carbonyl (C=O) groups excluding carboxylic acids is 1. The molecule has 26 heavy (non-hydrogen) atoms. The van der Waals surface area contributed by atoms with E-state index >= 15 is 0 Å². The Morgan fingerprint density at radius 1 is 0.846 bits per heavy atom. The Balaban J connectivity index is 5.75. The van der Waals surface area contributed by atoms with Crippen LogP contribution in [0, 0.1) is 11.8 Å². The van der Waals surface area contributed by atoms with Gasteiger partial charge in [-0.2, -0.15) is 0 Å². The Morgan fingerprint density at radius 3 is 1.77 bits per heavy atom. The number of unbranched alkanes of at least 4 members (excludes halogenated alkanes) is 5. The zero-order valence-corrected chi connectivity index (χ0v) is 20.9. The van der Waals surface area contributed by atoms with E-state index in [2.05, 4.69) is 43.6 Å². The van der Waals surface area contributed by atoms with Crippen molar-refractivity contribution in [3.63, 3.8) is 0 Å². The Morgan fingerprint density at radius 2 is 1.35 bits per heavy atom. The van der Waals surface area contributed by atoms with Gasteiger partial charge in [0.25, 0.3) is 0 Å². The van der Waals surface area contributed by atoms with Crippen LogP contribution in [-0.4, -0.2) is 31.0 Å². The second kappa shape index (κ2) is 16.7. The molecule has 0 aliphatic heterocycles. The molecule has 3 heteroatoms. The molecule has 0 saturated carbocycles. The average molecular weight is 469 g/mol. The van der Waals surface area contributed by atoms with Crippen LogP contribution in [0.5, 0.6) is 0 Å². The van der Waals surface area contributed by atoms with Gasteiger partial charge in [0, 0.05) is 0 Å². The molecule has 0 aromatic rings. The van der Waals surface area contributed by atoms with E-state index in [0.717, 1.165) is 19.3 Å². The first-order chi connectivity index (χ1) is 12.6. The monoisotopic (exact) mass is 470 g/mol. The first kappa shape index (κ1) is 25.6. The summed E-state index contributed by atoms with van der Waals surface area (Å²) in [4.78, 5) is 12.5. The Hall–Kier alpha value is -0.431. The van der Waals surface area contributed by atoms with E-state index in [0.29, 0.717) is 12.2 Å². The van der Waals surface area contributed by atoms with Crippen molar-refractivity contribution in [2.75, 3.05) is 6.61 Å². The van der Waals surface area contributed by atoms with Gasteiger partial charge in [0.05, 0.1) is 0 Å².